The molecule has 1 aromatic carbocycles. The maximum atomic E-state index is 12.6. The summed E-state index contributed by atoms with van der Waals surface area (Å²) in [6, 6.07) is 5.46. The van der Waals surface area contributed by atoms with Gasteiger partial charge in [-0.3, -0.25) is 0 Å². The molecule has 1 aromatic heterocycles. The Bertz CT molecular complexity index is 593. The van der Waals surface area contributed by atoms with Gasteiger partial charge in [0.05, 0.1) is 0 Å². The molecule has 0 N–H and O–H groups in total. The SMILES string of the molecule is [CH3][Sn]([CH3])([CH3])[c]1cc(Cl)ccc1-n1cc(C(F)F)nn1. The average molecular weight is 392 g/mol. The van der Waals surface area contributed by atoms with Crippen LogP contribution in [0, 0.1) is 0 Å². The van der Waals surface area contributed by atoms with E-state index in [2.05, 4.69) is 25.1 Å². The summed E-state index contributed by atoms with van der Waals surface area (Å²) in [6.07, 6.45) is -1.34. The van der Waals surface area contributed by atoms with E-state index in [-0.39, 0.29) is 5.69 Å². The first-order valence-corrected chi connectivity index (χ1v) is 16.2. The first-order chi connectivity index (χ1) is 8.79. The van der Waals surface area contributed by atoms with Crippen molar-refractivity contribution in [2.24, 2.45) is 0 Å². The molecule has 0 aliphatic heterocycles. The van der Waals surface area contributed by atoms with Gasteiger partial charge < -0.3 is 0 Å². The Labute approximate surface area is 119 Å². The van der Waals surface area contributed by atoms with E-state index in [1.54, 1.807) is 6.07 Å². The third-order valence-corrected chi connectivity index (χ3v) is 8.74. The molecule has 7 heteroatoms. The Morgan fingerprint density at radius 1 is 1.26 bits per heavy atom. The minimum absolute atomic E-state index is 0.315. The summed E-state index contributed by atoms with van der Waals surface area (Å²) in [5, 5.41) is 7.93. The molecule has 0 unspecified atom stereocenters. The van der Waals surface area contributed by atoms with Gasteiger partial charge >= 0.3 is 119 Å². The quantitative estimate of drug-likeness (QED) is 0.750. The fraction of sp³-hybridized carbons (Fsp3) is 0.333. The molecule has 0 radical (unpaired) electrons. The normalized spacial score (nSPS) is 12.2. The van der Waals surface area contributed by atoms with Gasteiger partial charge in [-0.25, -0.2) is 0 Å². The van der Waals surface area contributed by atoms with Crippen LogP contribution in [-0.2, 0) is 0 Å². The predicted octanol–water partition coefficient (Wildman–Crippen LogP) is 3.40. The second-order valence-electron chi connectivity index (χ2n) is 5.30. The Morgan fingerprint density at radius 2 is 1.95 bits per heavy atom. The molecule has 0 saturated carbocycles. The number of aromatic nitrogens is 3. The van der Waals surface area contributed by atoms with Crippen LogP contribution in [0.25, 0.3) is 5.69 Å². The first-order valence-electron chi connectivity index (χ1n) is 5.80. The second-order valence-corrected chi connectivity index (χ2v) is 20.1. The van der Waals surface area contributed by atoms with E-state index in [0.717, 1.165) is 9.27 Å². The molecular formula is C12H14ClF2N3Sn. The number of benzene rings is 1. The van der Waals surface area contributed by atoms with Gasteiger partial charge in [-0.15, -0.1) is 0 Å². The number of hydrogen-bond donors (Lipinski definition) is 0. The van der Waals surface area contributed by atoms with Gasteiger partial charge in [0.15, 0.2) is 0 Å². The van der Waals surface area contributed by atoms with Crippen molar-refractivity contribution < 1.29 is 8.78 Å². The van der Waals surface area contributed by atoms with Crippen LogP contribution in [0.15, 0.2) is 24.4 Å². The molecular weight excluding hydrogens is 378 g/mol. The minimum atomic E-state index is -2.61. The molecule has 0 spiro atoms. The van der Waals surface area contributed by atoms with Crippen LogP contribution in [0.2, 0.25) is 19.8 Å². The monoisotopic (exact) mass is 393 g/mol. The zero-order chi connectivity index (χ0) is 14.2. The van der Waals surface area contributed by atoms with Crippen molar-refractivity contribution in [1.82, 2.24) is 15.0 Å². The number of hydrogen-bond acceptors (Lipinski definition) is 2. The first kappa shape index (κ1) is 14.7. The summed E-state index contributed by atoms with van der Waals surface area (Å²) >= 11 is 3.60. The zero-order valence-electron chi connectivity index (χ0n) is 10.9. The van der Waals surface area contributed by atoms with Gasteiger partial charge in [0.1, 0.15) is 0 Å². The molecule has 0 fully saturated rings. The van der Waals surface area contributed by atoms with Crippen molar-refractivity contribution in [3.63, 3.8) is 0 Å². The van der Waals surface area contributed by atoms with E-state index >= 15 is 0 Å². The molecule has 0 bridgehead atoms. The van der Waals surface area contributed by atoms with Gasteiger partial charge in [0, 0.05) is 0 Å². The predicted molar refractivity (Wildman–Crippen MR) is 74.3 cm³/mol. The molecule has 2 rings (SSSR count). The van der Waals surface area contributed by atoms with Crippen LogP contribution in [0.5, 0.6) is 0 Å². The zero-order valence-corrected chi connectivity index (χ0v) is 14.5. The maximum absolute atomic E-state index is 12.6. The van der Waals surface area contributed by atoms with Crippen LogP contribution in [0.3, 0.4) is 0 Å². The van der Waals surface area contributed by atoms with Crippen molar-refractivity contribution in [3.8, 4) is 5.69 Å². The van der Waals surface area contributed by atoms with Crippen LogP contribution >= 0.6 is 11.6 Å². The third kappa shape index (κ3) is 3.25. The van der Waals surface area contributed by atoms with E-state index in [1.165, 1.54) is 10.9 Å². The van der Waals surface area contributed by atoms with E-state index < -0.39 is 24.8 Å². The third-order valence-electron chi connectivity index (χ3n) is 2.75. The van der Waals surface area contributed by atoms with Gasteiger partial charge in [-0.05, 0) is 0 Å². The van der Waals surface area contributed by atoms with E-state index in [1.807, 2.05) is 12.1 Å². The molecule has 0 aliphatic rings. The van der Waals surface area contributed by atoms with Crippen molar-refractivity contribution in [3.05, 3.63) is 35.1 Å². The van der Waals surface area contributed by atoms with Gasteiger partial charge in [0.2, 0.25) is 0 Å². The fourth-order valence-electron chi connectivity index (χ4n) is 1.80. The molecule has 1 heterocycles. The van der Waals surface area contributed by atoms with Gasteiger partial charge in [-0.1, -0.05) is 0 Å². The summed E-state index contributed by atoms with van der Waals surface area (Å²) in [5.41, 5.74) is 0.483. The Balaban J connectivity index is 2.55. The van der Waals surface area contributed by atoms with Crippen molar-refractivity contribution in [1.29, 1.82) is 0 Å². The van der Waals surface area contributed by atoms with Crippen molar-refractivity contribution >= 4 is 33.6 Å². The van der Waals surface area contributed by atoms with Gasteiger partial charge in [-0.2, -0.15) is 0 Å². The van der Waals surface area contributed by atoms with Crippen molar-refractivity contribution in [2.45, 2.75) is 21.2 Å². The van der Waals surface area contributed by atoms with Crippen LogP contribution in [0.4, 0.5) is 8.78 Å². The Kier molecular flexibility index (Phi) is 4.15. The molecule has 2 aromatic rings. The summed E-state index contributed by atoms with van der Waals surface area (Å²) in [4.78, 5) is 6.69. The summed E-state index contributed by atoms with van der Waals surface area (Å²) in [7, 11) is 0. The standard InChI is InChI=1S/C9H5ClF2N3.3CH3.Sn/c10-6-1-3-7(4-2-6)15-5-8(9(11)12)13-14-15;;;;/h1-3,5,9H;3*1H3;. The summed E-state index contributed by atoms with van der Waals surface area (Å²) in [5.74, 6) is 0. The van der Waals surface area contributed by atoms with Crippen LogP contribution < -0.4 is 3.58 Å². The molecule has 0 aliphatic carbocycles. The number of rotatable bonds is 3. The average Bonchev–Trinajstić information content (AvgIpc) is 2.77. The number of nitrogens with zero attached hydrogens (tertiary/aromatic N) is 3. The van der Waals surface area contributed by atoms with Gasteiger partial charge in [0.25, 0.3) is 0 Å². The van der Waals surface area contributed by atoms with E-state index in [0.29, 0.717) is 5.02 Å². The van der Waals surface area contributed by atoms with Crippen LogP contribution in [0.1, 0.15) is 12.1 Å². The van der Waals surface area contributed by atoms with Crippen molar-refractivity contribution in [2.75, 3.05) is 0 Å². The summed E-state index contributed by atoms with van der Waals surface area (Å²) < 4.78 is 27.7. The molecule has 0 amide bonds. The van der Waals surface area contributed by atoms with Crippen LogP contribution in [-0.4, -0.2) is 33.4 Å². The number of halogens is 3. The Morgan fingerprint density at radius 3 is 2.47 bits per heavy atom. The number of alkyl halides is 2. The second kappa shape index (κ2) is 5.36. The molecule has 102 valence electrons. The topological polar surface area (TPSA) is 30.7 Å². The molecule has 0 atom stereocenters. The van der Waals surface area contributed by atoms with E-state index in [4.69, 9.17) is 11.6 Å². The van der Waals surface area contributed by atoms with E-state index in [9.17, 15) is 8.78 Å². The molecule has 0 saturated heterocycles. The fourth-order valence-corrected chi connectivity index (χ4v) is 6.67. The molecule has 3 nitrogen and oxygen atoms in total. The molecule has 19 heavy (non-hydrogen) atoms. The Hall–Kier alpha value is -0.691. The summed E-state index contributed by atoms with van der Waals surface area (Å²) in [6.45, 7) is 0.